The number of hydrogen-bond donors (Lipinski definition) is 1. The molecule has 1 saturated carbocycles. The minimum Gasteiger partial charge on any atom is -0.494 e. The highest BCUT2D eigenvalue weighted by atomic mass is 16.5. The van der Waals surface area contributed by atoms with Crippen LogP contribution in [0.3, 0.4) is 0 Å². The molecule has 1 fully saturated rings. The first kappa shape index (κ1) is 14.2. The Bertz CT molecular complexity index is 360. The number of rotatable bonds is 9. The molecule has 2 rings (SSSR count). The summed E-state index contributed by atoms with van der Waals surface area (Å²) >= 11 is 0. The summed E-state index contributed by atoms with van der Waals surface area (Å²) in [7, 11) is 0. The van der Waals surface area contributed by atoms with E-state index in [0.29, 0.717) is 6.61 Å². The first-order valence-corrected chi connectivity index (χ1v) is 7.41. The van der Waals surface area contributed by atoms with Crippen molar-refractivity contribution in [2.24, 2.45) is 0 Å². The molecule has 1 aliphatic rings. The average Bonchev–Trinajstić information content (AvgIpc) is 3.22. The minimum atomic E-state index is 0.263. The highest BCUT2D eigenvalue weighted by Gasteiger charge is 2.19. The van der Waals surface area contributed by atoms with Crippen LogP contribution in [0.4, 0.5) is 0 Å². The van der Waals surface area contributed by atoms with Gasteiger partial charge in [0.25, 0.3) is 0 Å². The van der Waals surface area contributed by atoms with Gasteiger partial charge in [-0.2, -0.15) is 0 Å². The van der Waals surface area contributed by atoms with Crippen LogP contribution in [0.2, 0.25) is 0 Å². The Morgan fingerprint density at radius 3 is 2.53 bits per heavy atom. The van der Waals surface area contributed by atoms with Crippen molar-refractivity contribution in [2.45, 2.75) is 51.7 Å². The molecular formula is C16H25NO2. The Morgan fingerprint density at radius 2 is 1.89 bits per heavy atom. The third-order valence-electron chi connectivity index (χ3n) is 3.27. The van der Waals surface area contributed by atoms with Crippen molar-refractivity contribution >= 4 is 0 Å². The lowest BCUT2D eigenvalue weighted by Crippen LogP contribution is -2.20. The maximum atomic E-state index is 5.89. The third-order valence-corrected chi connectivity index (χ3v) is 3.27. The largest absolute Gasteiger partial charge is 0.494 e. The van der Waals surface area contributed by atoms with E-state index in [9.17, 15) is 0 Å². The zero-order chi connectivity index (χ0) is 13.5. The fourth-order valence-corrected chi connectivity index (χ4v) is 2.06. The van der Waals surface area contributed by atoms with Gasteiger partial charge in [-0.1, -0.05) is 0 Å². The van der Waals surface area contributed by atoms with Gasteiger partial charge in [-0.05, 0) is 70.3 Å². The molecule has 1 atom stereocenters. The van der Waals surface area contributed by atoms with Crippen molar-refractivity contribution < 1.29 is 9.47 Å². The summed E-state index contributed by atoms with van der Waals surface area (Å²) < 4.78 is 11.3. The molecule has 1 unspecified atom stereocenters. The van der Waals surface area contributed by atoms with Gasteiger partial charge in [0.05, 0.1) is 12.7 Å². The molecule has 3 heteroatoms. The standard InChI is InChI=1S/C16H25NO2/c1-3-18-15-8-10-16(11-9-15)19-13(2)5-4-12-17-14-6-7-14/h8-11,13-14,17H,3-7,12H2,1-2H3. The summed E-state index contributed by atoms with van der Waals surface area (Å²) in [6.45, 7) is 5.93. The molecule has 19 heavy (non-hydrogen) atoms. The fourth-order valence-electron chi connectivity index (χ4n) is 2.06. The molecule has 1 aliphatic carbocycles. The van der Waals surface area contributed by atoms with Crippen LogP contribution in [0.15, 0.2) is 24.3 Å². The highest BCUT2D eigenvalue weighted by molar-refractivity contribution is 5.31. The summed E-state index contributed by atoms with van der Waals surface area (Å²) in [4.78, 5) is 0. The number of nitrogens with one attached hydrogen (secondary N) is 1. The molecular weight excluding hydrogens is 238 g/mol. The monoisotopic (exact) mass is 263 g/mol. The second-order valence-corrected chi connectivity index (χ2v) is 5.20. The van der Waals surface area contributed by atoms with Crippen molar-refractivity contribution in [2.75, 3.05) is 13.2 Å². The van der Waals surface area contributed by atoms with E-state index in [2.05, 4.69) is 12.2 Å². The molecule has 0 radical (unpaired) electrons. The molecule has 1 aromatic carbocycles. The van der Waals surface area contributed by atoms with Crippen LogP contribution in [-0.4, -0.2) is 25.3 Å². The van der Waals surface area contributed by atoms with E-state index >= 15 is 0 Å². The normalized spacial score (nSPS) is 16.1. The van der Waals surface area contributed by atoms with Gasteiger partial charge in [-0.15, -0.1) is 0 Å². The van der Waals surface area contributed by atoms with E-state index in [1.54, 1.807) is 0 Å². The van der Waals surface area contributed by atoms with E-state index in [1.165, 1.54) is 19.3 Å². The molecule has 1 N–H and O–H groups in total. The van der Waals surface area contributed by atoms with Crippen LogP contribution in [0.25, 0.3) is 0 Å². The second-order valence-electron chi connectivity index (χ2n) is 5.20. The second kappa shape index (κ2) is 7.39. The summed E-state index contributed by atoms with van der Waals surface area (Å²) in [5.41, 5.74) is 0. The van der Waals surface area contributed by atoms with E-state index in [1.807, 2.05) is 31.2 Å². The molecule has 0 aliphatic heterocycles. The van der Waals surface area contributed by atoms with Crippen LogP contribution in [0, 0.1) is 0 Å². The Morgan fingerprint density at radius 1 is 1.21 bits per heavy atom. The quantitative estimate of drug-likeness (QED) is 0.693. The third kappa shape index (κ3) is 5.52. The van der Waals surface area contributed by atoms with Crippen molar-refractivity contribution in [3.8, 4) is 11.5 Å². The smallest absolute Gasteiger partial charge is 0.119 e. The zero-order valence-corrected chi connectivity index (χ0v) is 12.0. The van der Waals surface area contributed by atoms with E-state index in [4.69, 9.17) is 9.47 Å². The lowest BCUT2D eigenvalue weighted by atomic mass is 10.2. The molecule has 0 saturated heterocycles. The summed E-state index contributed by atoms with van der Waals surface area (Å²) in [6, 6.07) is 8.68. The SMILES string of the molecule is CCOc1ccc(OC(C)CCCNC2CC2)cc1. The zero-order valence-electron chi connectivity index (χ0n) is 12.0. The maximum absolute atomic E-state index is 5.89. The maximum Gasteiger partial charge on any atom is 0.119 e. The van der Waals surface area contributed by atoms with E-state index < -0.39 is 0 Å². The molecule has 106 valence electrons. The molecule has 0 bridgehead atoms. The number of hydrogen-bond acceptors (Lipinski definition) is 3. The van der Waals surface area contributed by atoms with Crippen molar-refractivity contribution in [3.05, 3.63) is 24.3 Å². The van der Waals surface area contributed by atoms with Crippen molar-refractivity contribution in [1.82, 2.24) is 5.32 Å². The summed E-state index contributed by atoms with van der Waals surface area (Å²) in [5.74, 6) is 1.82. The highest BCUT2D eigenvalue weighted by Crippen LogP contribution is 2.20. The van der Waals surface area contributed by atoms with Gasteiger partial charge >= 0.3 is 0 Å². The molecule has 0 spiro atoms. The van der Waals surface area contributed by atoms with Crippen molar-refractivity contribution in [1.29, 1.82) is 0 Å². The molecule has 0 amide bonds. The first-order valence-electron chi connectivity index (χ1n) is 7.41. The average molecular weight is 263 g/mol. The molecule has 3 nitrogen and oxygen atoms in total. The predicted molar refractivity (Wildman–Crippen MR) is 78.0 cm³/mol. The van der Waals surface area contributed by atoms with Gasteiger partial charge in [-0.25, -0.2) is 0 Å². The summed E-state index contributed by atoms with van der Waals surface area (Å²) in [6.07, 6.45) is 5.25. The van der Waals surface area contributed by atoms with Crippen LogP contribution >= 0.6 is 0 Å². The van der Waals surface area contributed by atoms with Gasteiger partial charge in [0.1, 0.15) is 11.5 Å². The predicted octanol–water partition coefficient (Wildman–Crippen LogP) is 3.38. The van der Waals surface area contributed by atoms with E-state index in [-0.39, 0.29) is 6.10 Å². The van der Waals surface area contributed by atoms with Gasteiger partial charge in [0.15, 0.2) is 0 Å². The van der Waals surface area contributed by atoms with Crippen LogP contribution in [0.5, 0.6) is 11.5 Å². The van der Waals surface area contributed by atoms with Gasteiger partial charge < -0.3 is 14.8 Å². The van der Waals surface area contributed by atoms with Gasteiger partial charge in [0, 0.05) is 6.04 Å². The van der Waals surface area contributed by atoms with Crippen LogP contribution in [0.1, 0.15) is 39.5 Å². The lowest BCUT2D eigenvalue weighted by Gasteiger charge is -2.15. The van der Waals surface area contributed by atoms with Crippen LogP contribution < -0.4 is 14.8 Å². The first-order chi connectivity index (χ1) is 9.28. The Kier molecular flexibility index (Phi) is 5.52. The Hall–Kier alpha value is -1.22. The number of benzene rings is 1. The molecule has 1 aromatic rings. The van der Waals surface area contributed by atoms with Crippen LogP contribution in [-0.2, 0) is 0 Å². The van der Waals surface area contributed by atoms with E-state index in [0.717, 1.165) is 30.5 Å². The topological polar surface area (TPSA) is 30.5 Å². The number of ether oxygens (including phenoxy) is 2. The molecule has 0 aromatic heterocycles. The van der Waals surface area contributed by atoms with Gasteiger partial charge in [0.2, 0.25) is 0 Å². The Labute approximate surface area is 116 Å². The minimum absolute atomic E-state index is 0.263. The van der Waals surface area contributed by atoms with Gasteiger partial charge in [-0.3, -0.25) is 0 Å². The summed E-state index contributed by atoms with van der Waals surface area (Å²) in [5, 5.41) is 3.53. The lowest BCUT2D eigenvalue weighted by molar-refractivity contribution is 0.207. The fraction of sp³-hybridized carbons (Fsp3) is 0.625. The Balaban J connectivity index is 1.63. The van der Waals surface area contributed by atoms with Crippen molar-refractivity contribution in [3.63, 3.8) is 0 Å². The molecule has 0 heterocycles.